The lowest BCUT2D eigenvalue weighted by Gasteiger charge is -1.82. The van der Waals surface area contributed by atoms with E-state index in [9.17, 15) is 8.42 Å². The van der Waals surface area contributed by atoms with Crippen LogP contribution in [-0.4, -0.2) is 29.5 Å². The van der Waals surface area contributed by atoms with E-state index < -0.39 is 10.4 Å². The van der Waals surface area contributed by atoms with Crippen molar-refractivity contribution in [3.8, 4) is 0 Å². The van der Waals surface area contributed by atoms with Crippen LogP contribution in [0.5, 0.6) is 0 Å². The molecule has 16 heavy (non-hydrogen) atoms. The molecule has 2 aromatic rings. The lowest BCUT2D eigenvalue weighted by Crippen LogP contribution is -2.26. The van der Waals surface area contributed by atoms with E-state index >= 15 is 0 Å². The van der Waals surface area contributed by atoms with E-state index in [-0.39, 0.29) is 0 Å². The van der Waals surface area contributed by atoms with Gasteiger partial charge in [-0.3, -0.25) is 8.74 Å². The molecular formula is C8H12N3O4S+. The number of aromatic nitrogens is 3. The highest BCUT2D eigenvalue weighted by Crippen LogP contribution is 1.89. The molecule has 0 saturated heterocycles. The van der Waals surface area contributed by atoms with Gasteiger partial charge in [0.05, 0.1) is 26.6 Å². The summed E-state index contributed by atoms with van der Waals surface area (Å²) in [5, 5.41) is 0. The first-order valence-corrected chi connectivity index (χ1v) is 5.61. The number of fused-ring (bicyclic) bond motifs is 1. The molecule has 0 spiro atoms. The first kappa shape index (κ1) is 12.6. The second kappa shape index (κ2) is 5.01. The molecule has 0 radical (unpaired) electrons. The molecule has 7 nitrogen and oxygen atoms in total. The SMILES string of the molecule is COS(=O)(=O)O.C[n+]1ccn2cccnc21. The summed E-state index contributed by atoms with van der Waals surface area (Å²) in [7, 11) is -1.32. The highest BCUT2D eigenvalue weighted by molar-refractivity contribution is 7.80. The van der Waals surface area contributed by atoms with Gasteiger partial charge in [-0.2, -0.15) is 8.42 Å². The molecule has 0 fully saturated rings. The van der Waals surface area contributed by atoms with Gasteiger partial charge < -0.3 is 0 Å². The number of aryl methyl sites for hydroxylation is 1. The maximum Gasteiger partial charge on any atom is 0.402 e. The van der Waals surface area contributed by atoms with Crippen LogP contribution in [0, 0.1) is 0 Å². The number of rotatable bonds is 1. The predicted octanol–water partition coefficient (Wildman–Crippen LogP) is -0.406. The fourth-order valence-electron chi connectivity index (χ4n) is 1.00. The Morgan fingerprint density at radius 3 is 2.62 bits per heavy atom. The molecule has 0 unspecified atom stereocenters. The Morgan fingerprint density at radius 2 is 2.12 bits per heavy atom. The van der Waals surface area contributed by atoms with Crippen LogP contribution in [-0.2, 0) is 21.6 Å². The third kappa shape index (κ3) is 3.57. The maximum atomic E-state index is 9.33. The van der Waals surface area contributed by atoms with Crippen LogP contribution in [0.25, 0.3) is 5.78 Å². The lowest BCUT2D eigenvalue weighted by molar-refractivity contribution is -0.646. The number of imidazole rings is 1. The van der Waals surface area contributed by atoms with Gasteiger partial charge in [0, 0.05) is 6.07 Å². The van der Waals surface area contributed by atoms with Crippen molar-refractivity contribution in [1.29, 1.82) is 0 Å². The Kier molecular flexibility index (Phi) is 3.93. The summed E-state index contributed by atoms with van der Waals surface area (Å²) >= 11 is 0. The van der Waals surface area contributed by atoms with E-state index in [1.165, 1.54) is 0 Å². The summed E-state index contributed by atoms with van der Waals surface area (Å²) < 4.78 is 33.7. The van der Waals surface area contributed by atoms with Gasteiger partial charge in [0.25, 0.3) is 0 Å². The van der Waals surface area contributed by atoms with Crippen molar-refractivity contribution in [1.82, 2.24) is 9.38 Å². The minimum Gasteiger partial charge on any atom is -0.264 e. The van der Waals surface area contributed by atoms with Crippen molar-refractivity contribution in [2.45, 2.75) is 0 Å². The first-order valence-electron chi connectivity index (χ1n) is 4.24. The van der Waals surface area contributed by atoms with Gasteiger partial charge in [0.1, 0.15) is 12.4 Å². The van der Waals surface area contributed by atoms with Crippen LogP contribution in [0.4, 0.5) is 0 Å². The van der Waals surface area contributed by atoms with Crippen LogP contribution in [0.1, 0.15) is 0 Å². The Hall–Kier alpha value is -1.51. The Balaban J connectivity index is 0.000000187. The fraction of sp³-hybridized carbons (Fsp3) is 0.250. The van der Waals surface area contributed by atoms with Crippen LogP contribution in [0.15, 0.2) is 30.9 Å². The van der Waals surface area contributed by atoms with E-state index in [1.807, 2.05) is 40.7 Å². The largest absolute Gasteiger partial charge is 0.402 e. The Labute approximate surface area is 92.9 Å². The quantitative estimate of drug-likeness (QED) is 0.546. The average Bonchev–Trinajstić information content (AvgIpc) is 2.61. The van der Waals surface area contributed by atoms with Crippen molar-refractivity contribution >= 4 is 16.2 Å². The van der Waals surface area contributed by atoms with Gasteiger partial charge in [-0.1, -0.05) is 4.98 Å². The normalized spacial score (nSPS) is 10.9. The zero-order valence-electron chi connectivity index (χ0n) is 8.81. The summed E-state index contributed by atoms with van der Waals surface area (Å²) in [6.45, 7) is 0. The molecule has 0 atom stereocenters. The average molecular weight is 246 g/mol. The summed E-state index contributed by atoms with van der Waals surface area (Å²) in [5.74, 6) is 0.961. The zero-order valence-corrected chi connectivity index (χ0v) is 9.63. The monoisotopic (exact) mass is 246 g/mol. The van der Waals surface area contributed by atoms with Gasteiger partial charge in [-0.15, -0.1) is 0 Å². The maximum absolute atomic E-state index is 9.33. The molecule has 0 aliphatic heterocycles. The molecule has 2 aromatic heterocycles. The topological polar surface area (TPSA) is 84.8 Å². The molecule has 1 N–H and O–H groups in total. The fourth-order valence-corrected chi connectivity index (χ4v) is 1.00. The number of nitrogens with zero attached hydrogens (tertiary/aromatic N) is 3. The minimum atomic E-state index is -4.16. The molecule has 0 aliphatic carbocycles. The molecule has 2 heterocycles. The minimum absolute atomic E-state index is 0.870. The molecule has 8 heteroatoms. The van der Waals surface area contributed by atoms with Crippen molar-refractivity contribution in [3.63, 3.8) is 0 Å². The van der Waals surface area contributed by atoms with Gasteiger partial charge in [0.15, 0.2) is 0 Å². The van der Waals surface area contributed by atoms with E-state index in [1.54, 1.807) is 6.20 Å². The van der Waals surface area contributed by atoms with Gasteiger partial charge in [0.2, 0.25) is 0 Å². The second-order valence-electron chi connectivity index (χ2n) is 2.83. The zero-order chi connectivity index (χ0) is 12.2. The molecule has 0 aliphatic rings. The number of hydrogen-bond acceptors (Lipinski definition) is 4. The summed E-state index contributed by atoms with van der Waals surface area (Å²) in [4.78, 5) is 4.17. The van der Waals surface area contributed by atoms with E-state index in [2.05, 4.69) is 9.17 Å². The first-order chi connectivity index (χ1) is 7.44. The standard InChI is InChI=1S/C7H8N3.CH4O4S/c1-9-5-6-10-4-2-3-8-7(9)10;1-5-6(2,3)4/h2-6H,1H3;1H3,(H,2,3,4)/q+1;. The third-order valence-corrected chi connectivity index (χ3v) is 2.15. The van der Waals surface area contributed by atoms with Crippen molar-refractivity contribution in [2.75, 3.05) is 7.11 Å². The van der Waals surface area contributed by atoms with E-state index in [0.29, 0.717) is 0 Å². The van der Waals surface area contributed by atoms with Crippen LogP contribution in [0.2, 0.25) is 0 Å². The number of hydrogen-bond donors (Lipinski definition) is 1. The van der Waals surface area contributed by atoms with Crippen molar-refractivity contribution in [3.05, 3.63) is 30.9 Å². The highest BCUT2D eigenvalue weighted by Gasteiger charge is 2.02. The summed E-state index contributed by atoms with van der Waals surface area (Å²) in [5.41, 5.74) is 0. The van der Waals surface area contributed by atoms with Crippen LogP contribution < -0.4 is 4.57 Å². The van der Waals surface area contributed by atoms with Crippen molar-refractivity contribution < 1.29 is 21.7 Å². The molecular weight excluding hydrogens is 234 g/mol. The predicted molar refractivity (Wildman–Crippen MR) is 54.9 cm³/mol. The van der Waals surface area contributed by atoms with Crippen molar-refractivity contribution in [2.24, 2.45) is 7.05 Å². The summed E-state index contributed by atoms with van der Waals surface area (Å²) in [6, 6.07) is 1.91. The smallest absolute Gasteiger partial charge is 0.264 e. The molecule has 0 aromatic carbocycles. The Morgan fingerprint density at radius 1 is 1.50 bits per heavy atom. The second-order valence-corrected chi connectivity index (χ2v) is 4.02. The van der Waals surface area contributed by atoms with Crippen LogP contribution >= 0.6 is 0 Å². The van der Waals surface area contributed by atoms with Crippen LogP contribution in [0.3, 0.4) is 0 Å². The summed E-state index contributed by atoms with van der Waals surface area (Å²) in [6.07, 6.45) is 7.71. The Bertz CT molecular complexity index is 563. The molecule has 2 rings (SSSR count). The molecule has 0 amide bonds. The third-order valence-electron chi connectivity index (χ3n) is 1.73. The van der Waals surface area contributed by atoms with Gasteiger partial charge >= 0.3 is 16.2 Å². The highest BCUT2D eigenvalue weighted by atomic mass is 32.3. The lowest BCUT2D eigenvalue weighted by atomic mass is 10.7. The molecule has 0 saturated carbocycles. The van der Waals surface area contributed by atoms with E-state index in [0.717, 1.165) is 12.9 Å². The molecule has 88 valence electrons. The van der Waals surface area contributed by atoms with Gasteiger partial charge in [-0.05, 0) is 0 Å². The van der Waals surface area contributed by atoms with E-state index in [4.69, 9.17) is 4.55 Å². The molecule has 0 bridgehead atoms. The van der Waals surface area contributed by atoms with Gasteiger partial charge in [-0.25, -0.2) is 8.97 Å².